The second-order valence-corrected chi connectivity index (χ2v) is 23.0. The van der Waals surface area contributed by atoms with Crippen LogP contribution in [0.15, 0.2) is 117 Å². The lowest BCUT2D eigenvalue weighted by atomic mass is 10.2. The molecule has 0 amide bonds. The Morgan fingerprint density at radius 2 is 0.300 bits per heavy atom. The summed E-state index contributed by atoms with van der Waals surface area (Å²) >= 11 is 0. The molecule has 28 heteroatoms. The molecule has 8 N–H and O–H groups in total. The zero-order valence-electron chi connectivity index (χ0n) is 46.3. The predicted molar refractivity (Wildman–Crippen MR) is 300 cm³/mol. The van der Waals surface area contributed by atoms with Gasteiger partial charge in [-0.1, -0.05) is 70.8 Å². The van der Waals surface area contributed by atoms with Gasteiger partial charge in [-0.2, -0.15) is 0 Å². The summed E-state index contributed by atoms with van der Waals surface area (Å²) in [6.07, 6.45) is 0. The molecule has 0 aromatic heterocycles. The normalized spacial score (nSPS) is 17.1. The lowest BCUT2D eigenvalue weighted by molar-refractivity contribution is -0.0334. The predicted octanol–water partition coefficient (Wildman–Crippen LogP) is 2.77. The summed E-state index contributed by atoms with van der Waals surface area (Å²) in [5, 5.41) is 19.5. The molecule has 2 saturated heterocycles. The molecular formula is C52H84N4O20S4. The molecule has 6 rings (SSSR count). The van der Waals surface area contributed by atoms with Gasteiger partial charge < -0.3 is 56.8 Å². The number of benzene rings is 4. The minimum Gasteiger partial charge on any atom is -0.377 e. The van der Waals surface area contributed by atoms with Gasteiger partial charge in [0.05, 0.1) is 178 Å². The highest BCUT2D eigenvalue weighted by Crippen LogP contribution is 2.10. The molecule has 2 fully saturated rings. The molecule has 2 heterocycles. The van der Waals surface area contributed by atoms with Crippen molar-refractivity contribution in [1.29, 1.82) is 0 Å². The molecule has 0 radical (unpaired) electrons. The van der Waals surface area contributed by atoms with Crippen LogP contribution in [0.1, 0.15) is 22.3 Å². The molecule has 0 spiro atoms. The second-order valence-electron chi connectivity index (χ2n) is 16.8. The van der Waals surface area contributed by atoms with Gasteiger partial charge in [0.15, 0.2) is 0 Å². The molecule has 4 aromatic rings. The van der Waals surface area contributed by atoms with E-state index in [1.165, 1.54) is 48.5 Å². The monoisotopic (exact) mass is 1210 g/mol. The van der Waals surface area contributed by atoms with Crippen LogP contribution in [0.5, 0.6) is 0 Å². The maximum atomic E-state index is 10.7. The highest BCUT2D eigenvalue weighted by Gasteiger charge is 2.08. The molecule has 2 aliphatic heterocycles. The molecular weight excluding hydrogens is 1130 g/mol. The van der Waals surface area contributed by atoms with Gasteiger partial charge in [0.1, 0.15) is 0 Å². The van der Waals surface area contributed by atoms with E-state index in [1.54, 1.807) is 48.5 Å². The van der Waals surface area contributed by atoms with Crippen LogP contribution in [0.25, 0.3) is 0 Å². The van der Waals surface area contributed by atoms with E-state index in [1.807, 2.05) is 27.7 Å². The molecule has 0 bridgehead atoms. The van der Waals surface area contributed by atoms with Crippen LogP contribution >= 0.6 is 0 Å². The lowest BCUT2D eigenvalue weighted by Gasteiger charge is -2.09. The topological polar surface area (TPSA) is 351 Å². The molecule has 456 valence electrons. The first-order valence-corrected chi connectivity index (χ1v) is 31.5. The van der Waals surface area contributed by atoms with Crippen molar-refractivity contribution in [2.45, 2.75) is 47.3 Å². The molecule has 0 aliphatic carbocycles. The van der Waals surface area contributed by atoms with Gasteiger partial charge in [0.25, 0.3) is 0 Å². The number of aryl methyl sites for hydroxylation is 4. The molecule has 0 saturated carbocycles. The molecule has 0 unspecified atom stereocenters. The Morgan fingerprint density at radius 1 is 0.212 bits per heavy atom. The summed E-state index contributed by atoms with van der Waals surface area (Å²) in [7, 11) is -14.1. The van der Waals surface area contributed by atoms with Crippen LogP contribution in [-0.4, -0.2) is 192 Å². The summed E-state index contributed by atoms with van der Waals surface area (Å²) < 4.78 is 150. The van der Waals surface area contributed by atoms with Crippen LogP contribution in [0.4, 0.5) is 0 Å². The molecule has 80 heavy (non-hydrogen) atoms. The third kappa shape index (κ3) is 42.8. The fourth-order valence-electron chi connectivity index (χ4n) is 5.55. The number of rotatable bonds is 4. The van der Waals surface area contributed by atoms with Gasteiger partial charge in [-0.15, -0.1) is 0 Å². The van der Waals surface area contributed by atoms with E-state index >= 15 is 0 Å². The van der Waals surface area contributed by atoms with Gasteiger partial charge in [0, 0.05) is 0 Å². The highest BCUT2D eigenvalue weighted by atomic mass is 32.2. The second kappa shape index (κ2) is 44.6. The number of sulfonamides is 4. The van der Waals surface area contributed by atoms with Crippen molar-refractivity contribution in [3.8, 4) is 0 Å². The van der Waals surface area contributed by atoms with E-state index < -0.39 is 40.1 Å². The number of hydrogen-bond donors (Lipinski definition) is 4. The van der Waals surface area contributed by atoms with Crippen molar-refractivity contribution < 1.29 is 90.5 Å². The van der Waals surface area contributed by atoms with E-state index in [-0.39, 0.29) is 19.6 Å². The van der Waals surface area contributed by atoms with E-state index in [2.05, 4.69) is 0 Å². The largest absolute Gasteiger partial charge is 0.377 e. The molecule has 0 atom stereocenters. The van der Waals surface area contributed by atoms with Crippen molar-refractivity contribution in [1.82, 2.24) is 0 Å². The van der Waals surface area contributed by atoms with Gasteiger partial charge in [0.2, 0.25) is 40.1 Å². The summed E-state index contributed by atoms with van der Waals surface area (Å²) in [6.45, 7) is 21.6. The summed E-state index contributed by atoms with van der Waals surface area (Å²) in [5.74, 6) is 0. The van der Waals surface area contributed by atoms with Crippen LogP contribution in [0, 0.1) is 27.7 Å². The van der Waals surface area contributed by atoms with Crippen LogP contribution in [0.2, 0.25) is 0 Å². The Labute approximate surface area is 474 Å². The van der Waals surface area contributed by atoms with E-state index in [0.717, 1.165) is 22.3 Å². The first kappa shape index (κ1) is 74.1. The minimum absolute atomic E-state index is 0.156. The Bertz CT molecular complexity index is 2140. The van der Waals surface area contributed by atoms with Crippen molar-refractivity contribution in [3.05, 3.63) is 119 Å². The first-order valence-electron chi connectivity index (χ1n) is 25.3. The first-order chi connectivity index (χ1) is 38.0. The quantitative estimate of drug-likeness (QED) is 0.228. The number of ether oxygens (including phenoxy) is 12. The molecule has 24 nitrogen and oxygen atoms in total. The number of hydrogen-bond acceptors (Lipinski definition) is 20. The average molecular weight is 1210 g/mol. The van der Waals surface area contributed by atoms with E-state index in [4.69, 9.17) is 77.4 Å². The van der Waals surface area contributed by atoms with Gasteiger partial charge in [-0.05, 0) is 76.2 Å². The minimum atomic E-state index is -3.52. The molecule has 4 aromatic carbocycles. The Balaban J connectivity index is 0.000000487. The smallest absolute Gasteiger partial charge is 0.238 e. The fraction of sp³-hybridized carbons (Fsp3) is 0.538. The van der Waals surface area contributed by atoms with Crippen LogP contribution < -0.4 is 20.6 Å². The van der Waals surface area contributed by atoms with E-state index in [9.17, 15) is 33.7 Å². The van der Waals surface area contributed by atoms with Crippen molar-refractivity contribution >= 4 is 40.1 Å². The van der Waals surface area contributed by atoms with E-state index in [0.29, 0.717) is 159 Å². The van der Waals surface area contributed by atoms with Gasteiger partial charge in [-0.25, -0.2) is 54.2 Å². The van der Waals surface area contributed by atoms with Gasteiger partial charge >= 0.3 is 0 Å². The summed E-state index contributed by atoms with van der Waals surface area (Å²) in [5.41, 5.74) is 4.05. The number of primary sulfonamides is 4. The standard InChI is InChI=1S/2C12H24O6.4C7H9NO2S/c2*1-2-14-5-6-16-9-10-18-12-11-17-8-7-15-4-3-13-1;4*1-6-2-4-7(5-3-6)11(8,9)10/h2*1-12H2;4*2-5H,1H3,(H2,8,9,10). The zero-order valence-corrected chi connectivity index (χ0v) is 49.6. The Morgan fingerprint density at radius 3 is 0.375 bits per heavy atom. The summed E-state index contributed by atoms with van der Waals surface area (Å²) in [4.78, 5) is 0.623. The van der Waals surface area contributed by atoms with Gasteiger partial charge in [-0.3, -0.25) is 0 Å². The highest BCUT2D eigenvalue weighted by molar-refractivity contribution is 7.90. The Kier molecular flexibility index (Phi) is 41.3. The van der Waals surface area contributed by atoms with Crippen molar-refractivity contribution in [3.63, 3.8) is 0 Å². The summed E-state index contributed by atoms with van der Waals surface area (Å²) in [6, 6.07) is 25.6. The fourth-order valence-corrected chi connectivity index (χ4v) is 7.61. The number of nitrogens with two attached hydrogens (primary N) is 4. The third-order valence-corrected chi connectivity index (χ3v) is 13.6. The SMILES string of the molecule is C1COCCOCCOCCOCCOCCO1.C1COCCOCCOCCOCCOCCO1.Cc1ccc(S(N)(=O)=O)cc1.Cc1ccc(S(N)(=O)=O)cc1.Cc1ccc(S(N)(=O)=O)cc1.Cc1ccc(S(N)(=O)=O)cc1. The van der Waals surface area contributed by atoms with Crippen molar-refractivity contribution in [2.24, 2.45) is 20.6 Å². The zero-order chi connectivity index (χ0) is 59.4. The average Bonchev–Trinajstić information content (AvgIpc) is 3.39. The Hall–Kier alpha value is -3.96. The van der Waals surface area contributed by atoms with Crippen LogP contribution in [-0.2, 0) is 96.9 Å². The maximum Gasteiger partial charge on any atom is 0.238 e. The lowest BCUT2D eigenvalue weighted by Crippen LogP contribution is -2.16. The third-order valence-electron chi connectivity index (χ3n) is 9.86. The van der Waals surface area contributed by atoms with Crippen molar-refractivity contribution in [2.75, 3.05) is 159 Å². The molecule has 2 aliphatic rings. The van der Waals surface area contributed by atoms with Crippen LogP contribution in [0.3, 0.4) is 0 Å². The maximum absolute atomic E-state index is 10.7.